The molecule has 9 nitrogen and oxygen atoms in total. The molecule has 0 aromatic heterocycles. The summed E-state index contributed by atoms with van der Waals surface area (Å²) in [5, 5.41) is 13.8. The molecule has 0 saturated heterocycles. The summed E-state index contributed by atoms with van der Waals surface area (Å²) in [6, 6.07) is 12.6. The maximum Gasteiger partial charge on any atom is 0.456 e. The van der Waals surface area contributed by atoms with Crippen molar-refractivity contribution in [2.75, 3.05) is 0 Å². The second-order valence-corrected chi connectivity index (χ2v) is 9.00. The van der Waals surface area contributed by atoms with Crippen LogP contribution in [0.2, 0.25) is 0 Å². The monoisotopic (exact) mass is 447 g/mol. The van der Waals surface area contributed by atoms with Crippen molar-refractivity contribution in [3.05, 3.63) is 58.6 Å². The molecule has 0 radical (unpaired) electrons. The molecule has 2 aromatic carbocycles. The molecule has 1 saturated carbocycles. The molecular weight excluding hydrogens is 421 g/mol. The van der Waals surface area contributed by atoms with Crippen LogP contribution >= 0.6 is 7.75 Å². The lowest BCUT2D eigenvalue weighted by atomic mass is 9.95. The Kier molecular flexibility index (Phi) is 7.43. The quantitative estimate of drug-likeness (QED) is 0.344. The number of para-hydroxylation sites is 1. The Morgan fingerprint density at radius 3 is 2.45 bits per heavy atom. The van der Waals surface area contributed by atoms with Crippen molar-refractivity contribution in [1.82, 2.24) is 5.32 Å². The van der Waals surface area contributed by atoms with Crippen molar-refractivity contribution in [3.63, 3.8) is 0 Å². The van der Waals surface area contributed by atoms with Gasteiger partial charge in [-0.1, -0.05) is 37.5 Å². The minimum absolute atomic E-state index is 0.0483. The lowest BCUT2D eigenvalue weighted by Gasteiger charge is -2.25. The molecule has 0 bridgehead atoms. The summed E-state index contributed by atoms with van der Waals surface area (Å²) in [7, 11) is -4.12. The van der Waals surface area contributed by atoms with Crippen LogP contribution in [0, 0.1) is 10.1 Å². The number of hydrogen-bond donors (Lipinski definition) is 2. The van der Waals surface area contributed by atoms with Gasteiger partial charge in [-0.3, -0.25) is 19.4 Å². The summed E-state index contributed by atoms with van der Waals surface area (Å²) < 4.78 is 23.6. The molecule has 2 atom stereocenters. The predicted octanol–water partition coefficient (Wildman–Crippen LogP) is 4.56. The lowest BCUT2D eigenvalue weighted by Crippen LogP contribution is -2.42. The molecule has 3 N–H and O–H groups in total. The third-order valence-corrected chi connectivity index (χ3v) is 6.19. The van der Waals surface area contributed by atoms with Gasteiger partial charge in [-0.2, -0.15) is 0 Å². The summed E-state index contributed by atoms with van der Waals surface area (Å²) in [6.07, 6.45) is 4.08. The van der Waals surface area contributed by atoms with Crippen LogP contribution in [0.25, 0.3) is 11.1 Å². The highest BCUT2D eigenvalue weighted by Crippen LogP contribution is 2.45. The maximum absolute atomic E-state index is 12.8. The van der Waals surface area contributed by atoms with Gasteiger partial charge in [0, 0.05) is 23.7 Å². The van der Waals surface area contributed by atoms with Gasteiger partial charge in [0.2, 0.25) is 5.91 Å². The highest BCUT2D eigenvalue weighted by Gasteiger charge is 2.29. The van der Waals surface area contributed by atoms with Gasteiger partial charge in [0.15, 0.2) is 0 Å². The minimum Gasteiger partial charge on any atom is -0.413 e. The van der Waals surface area contributed by atoms with Crippen molar-refractivity contribution in [1.29, 1.82) is 0 Å². The molecule has 1 amide bonds. The SMILES string of the molecule is C[C@H](OP(N)(=O)Oc1ccccc1-c1ccc([N+](=O)[O-])cc1)C(=O)NC1CCCCC1. The Morgan fingerprint density at radius 1 is 1.16 bits per heavy atom. The molecule has 1 aliphatic rings. The Morgan fingerprint density at radius 2 is 1.81 bits per heavy atom. The van der Waals surface area contributed by atoms with Gasteiger partial charge in [-0.15, -0.1) is 0 Å². The third-order valence-electron chi connectivity index (χ3n) is 5.13. The smallest absolute Gasteiger partial charge is 0.413 e. The Labute approximate surface area is 180 Å². The third kappa shape index (κ3) is 6.37. The molecule has 1 fully saturated rings. The number of amides is 1. The van der Waals surface area contributed by atoms with Crippen LogP contribution in [-0.4, -0.2) is 23.0 Å². The van der Waals surface area contributed by atoms with E-state index in [1.54, 1.807) is 36.4 Å². The number of benzene rings is 2. The molecule has 31 heavy (non-hydrogen) atoms. The summed E-state index contributed by atoms with van der Waals surface area (Å²) in [5.74, 6) is -0.202. The summed E-state index contributed by atoms with van der Waals surface area (Å²) >= 11 is 0. The fourth-order valence-corrected chi connectivity index (χ4v) is 4.55. The van der Waals surface area contributed by atoms with E-state index in [2.05, 4.69) is 5.32 Å². The van der Waals surface area contributed by atoms with E-state index in [0.29, 0.717) is 11.1 Å². The molecule has 1 unspecified atom stereocenters. The Bertz CT molecular complexity index is 975. The minimum atomic E-state index is -4.12. The number of nitrogens with one attached hydrogen (secondary N) is 1. The molecule has 0 aliphatic heterocycles. The first kappa shape index (κ1) is 22.9. The first-order valence-corrected chi connectivity index (χ1v) is 11.8. The number of carbonyl (C=O) groups excluding carboxylic acids is 1. The van der Waals surface area contributed by atoms with Crippen LogP contribution in [0.3, 0.4) is 0 Å². The molecule has 1 aliphatic carbocycles. The number of non-ortho nitro benzene ring substituents is 1. The molecular formula is C21H26N3O6P. The number of hydrogen-bond acceptors (Lipinski definition) is 6. The van der Waals surface area contributed by atoms with Crippen LogP contribution < -0.4 is 15.3 Å². The van der Waals surface area contributed by atoms with E-state index < -0.39 is 18.8 Å². The first-order valence-electron chi connectivity index (χ1n) is 10.2. The average molecular weight is 447 g/mol. The van der Waals surface area contributed by atoms with Crippen LogP contribution in [0.1, 0.15) is 39.0 Å². The Balaban J connectivity index is 1.68. The van der Waals surface area contributed by atoms with Crippen LogP contribution in [0.5, 0.6) is 5.75 Å². The summed E-state index contributed by atoms with van der Waals surface area (Å²) in [6.45, 7) is 1.48. The van der Waals surface area contributed by atoms with Gasteiger partial charge < -0.3 is 9.84 Å². The topological polar surface area (TPSA) is 134 Å². The highest BCUT2D eigenvalue weighted by atomic mass is 31.2. The van der Waals surface area contributed by atoms with Crippen LogP contribution in [0.4, 0.5) is 5.69 Å². The number of nitrogens with two attached hydrogens (primary N) is 1. The number of carbonyl (C=O) groups is 1. The van der Waals surface area contributed by atoms with E-state index >= 15 is 0 Å². The van der Waals surface area contributed by atoms with Crippen molar-refractivity contribution >= 4 is 19.3 Å². The maximum atomic E-state index is 12.8. The van der Waals surface area contributed by atoms with Gasteiger partial charge in [0.25, 0.3) is 5.69 Å². The highest BCUT2D eigenvalue weighted by molar-refractivity contribution is 7.51. The zero-order valence-corrected chi connectivity index (χ0v) is 18.1. The number of nitro groups is 1. The zero-order valence-electron chi connectivity index (χ0n) is 17.2. The molecule has 0 heterocycles. The van der Waals surface area contributed by atoms with Gasteiger partial charge in [0.05, 0.1) is 4.92 Å². The van der Waals surface area contributed by atoms with Crippen LogP contribution in [-0.2, 0) is 13.9 Å². The van der Waals surface area contributed by atoms with E-state index in [1.165, 1.54) is 25.5 Å². The van der Waals surface area contributed by atoms with E-state index in [1.807, 2.05) is 0 Å². The van der Waals surface area contributed by atoms with E-state index in [0.717, 1.165) is 25.7 Å². The second-order valence-electron chi connectivity index (χ2n) is 7.52. The van der Waals surface area contributed by atoms with E-state index in [9.17, 15) is 19.5 Å². The molecule has 0 spiro atoms. The van der Waals surface area contributed by atoms with Crippen molar-refractivity contribution < 1.29 is 23.3 Å². The normalized spacial score (nSPS) is 17.4. The second kappa shape index (κ2) is 10.0. The average Bonchev–Trinajstić information content (AvgIpc) is 2.74. The largest absolute Gasteiger partial charge is 0.456 e. The van der Waals surface area contributed by atoms with Gasteiger partial charge in [0.1, 0.15) is 11.9 Å². The van der Waals surface area contributed by atoms with Crippen molar-refractivity contribution in [2.24, 2.45) is 5.50 Å². The Hall–Kier alpha value is -2.74. The van der Waals surface area contributed by atoms with Crippen LogP contribution in [0.15, 0.2) is 48.5 Å². The molecule has 10 heteroatoms. The van der Waals surface area contributed by atoms with Gasteiger partial charge in [-0.25, -0.2) is 10.1 Å². The number of nitro benzene ring substituents is 1. The number of rotatable bonds is 8. The predicted molar refractivity (Wildman–Crippen MR) is 117 cm³/mol. The molecule has 3 rings (SSSR count). The van der Waals surface area contributed by atoms with E-state index in [-0.39, 0.29) is 23.4 Å². The molecule has 2 aromatic rings. The summed E-state index contributed by atoms with van der Waals surface area (Å²) in [5.41, 5.74) is 6.87. The fourth-order valence-electron chi connectivity index (χ4n) is 3.54. The summed E-state index contributed by atoms with van der Waals surface area (Å²) in [4.78, 5) is 22.8. The van der Waals surface area contributed by atoms with Gasteiger partial charge in [-0.05, 0) is 43.5 Å². The first-order chi connectivity index (χ1) is 14.7. The zero-order chi connectivity index (χ0) is 22.4. The standard InChI is InChI=1S/C21H26N3O6P/c1-15(21(25)23-17-7-3-2-4-8-17)29-31(22,28)30-20-10-6-5-9-19(20)16-11-13-18(14-12-16)24(26)27/h5-6,9-15,17H,2-4,7-8H2,1H3,(H2,22,28)(H,23,25)/t15-,31?/m0/s1. The van der Waals surface area contributed by atoms with Gasteiger partial charge >= 0.3 is 7.75 Å². The number of nitrogens with zero attached hydrogens (tertiary/aromatic N) is 1. The van der Waals surface area contributed by atoms with E-state index in [4.69, 9.17) is 14.6 Å². The lowest BCUT2D eigenvalue weighted by molar-refractivity contribution is -0.384. The van der Waals surface area contributed by atoms with Crippen molar-refractivity contribution in [3.8, 4) is 16.9 Å². The van der Waals surface area contributed by atoms with Crippen molar-refractivity contribution in [2.45, 2.75) is 51.2 Å². The fraction of sp³-hybridized carbons (Fsp3) is 0.381. The molecule has 166 valence electrons.